The summed E-state index contributed by atoms with van der Waals surface area (Å²) >= 11 is 6.10. The lowest BCUT2D eigenvalue weighted by molar-refractivity contribution is 0.704. The molecule has 0 aliphatic carbocycles. The monoisotopic (exact) mass is 262 g/mol. The number of aryl methyl sites for hydroxylation is 1. The van der Waals surface area contributed by atoms with Gasteiger partial charge in [0.25, 0.3) is 0 Å². The van der Waals surface area contributed by atoms with Gasteiger partial charge in [0.05, 0.1) is 10.7 Å². The van der Waals surface area contributed by atoms with Crippen LogP contribution in [-0.4, -0.2) is 21.5 Å². The highest BCUT2D eigenvalue weighted by molar-refractivity contribution is 6.32. The average molecular weight is 263 g/mol. The van der Waals surface area contributed by atoms with Crippen LogP contribution in [0.2, 0.25) is 5.02 Å². The van der Waals surface area contributed by atoms with Gasteiger partial charge in [0.2, 0.25) is 0 Å². The molecule has 0 radical (unpaired) electrons. The molecule has 0 saturated heterocycles. The van der Waals surface area contributed by atoms with E-state index in [1.54, 1.807) is 24.5 Å². The van der Waals surface area contributed by atoms with Crippen molar-refractivity contribution in [3.63, 3.8) is 0 Å². The Morgan fingerprint density at radius 1 is 1.33 bits per heavy atom. The molecule has 0 saturated carbocycles. The summed E-state index contributed by atoms with van der Waals surface area (Å²) in [6, 6.07) is 3.58. The molecule has 2 aromatic rings. The van der Waals surface area contributed by atoms with E-state index in [1.807, 2.05) is 6.92 Å². The summed E-state index contributed by atoms with van der Waals surface area (Å²) in [5, 5.41) is 3.82. The van der Waals surface area contributed by atoms with Crippen molar-refractivity contribution in [3.8, 4) is 11.5 Å². The number of nitrogens with one attached hydrogen (secondary N) is 1. The number of nitrogens with zero attached hydrogens (tertiary/aromatic N) is 3. The second kappa shape index (κ2) is 5.89. The van der Waals surface area contributed by atoms with Crippen LogP contribution >= 0.6 is 11.6 Å². The lowest BCUT2D eigenvalue weighted by Crippen LogP contribution is -2.14. The van der Waals surface area contributed by atoms with E-state index >= 15 is 0 Å². The zero-order valence-corrected chi connectivity index (χ0v) is 11.2. The summed E-state index contributed by atoms with van der Waals surface area (Å²) in [5.41, 5.74) is 2.66. The second-order valence-corrected chi connectivity index (χ2v) is 4.34. The molecule has 4 nitrogen and oxygen atoms in total. The van der Waals surface area contributed by atoms with E-state index in [2.05, 4.69) is 27.2 Å². The predicted octanol–water partition coefficient (Wildman–Crippen LogP) is 2.61. The van der Waals surface area contributed by atoms with Gasteiger partial charge in [-0.3, -0.25) is 4.98 Å². The van der Waals surface area contributed by atoms with E-state index in [9.17, 15) is 0 Å². The molecule has 1 N–H and O–H groups in total. The molecule has 0 aromatic carbocycles. The highest BCUT2D eigenvalue weighted by Gasteiger charge is 2.09. The highest BCUT2D eigenvalue weighted by atomic mass is 35.5. The van der Waals surface area contributed by atoms with Crippen LogP contribution in [-0.2, 0) is 6.54 Å². The Hall–Kier alpha value is -1.52. The van der Waals surface area contributed by atoms with Gasteiger partial charge in [-0.25, -0.2) is 9.97 Å². The first kappa shape index (κ1) is 12.9. The molecule has 0 aliphatic heterocycles. The van der Waals surface area contributed by atoms with Crippen LogP contribution in [0.5, 0.6) is 0 Å². The fourth-order valence-electron chi connectivity index (χ4n) is 1.56. The van der Waals surface area contributed by atoms with Gasteiger partial charge >= 0.3 is 0 Å². The van der Waals surface area contributed by atoms with Crippen LogP contribution in [0.3, 0.4) is 0 Å². The molecule has 0 aliphatic rings. The Morgan fingerprint density at radius 2 is 2.17 bits per heavy atom. The number of rotatable bonds is 4. The summed E-state index contributed by atoms with van der Waals surface area (Å²) in [7, 11) is 0. The molecule has 0 fully saturated rings. The normalized spacial score (nSPS) is 10.6. The van der Waals surface area contributed by atoms with Crippen molar-refractivity contribution >= 4 is 11.6 Å². The Morgan fingerprint density at radius 3 is 2.89 bits per heavy atom. The Labute approximate surface area is 111 Å². The van der Waals surface area contributed by atoms with E-state index in [1.165, 1.54) is 0 Å². The quantitative estimate of drug-likeness (QED) is 0.920. The molecule has 18 heavy (non-hydrogen) atoms. The largest absolute Gasteiger partial charge is 0.311 e. The van der Waals surface area contributed by atoms with Crippen molar-refractivity contribution in [2.45, 2.75) is 20.4 Å². The van der Waals surface area contributed by atoms with Crippen molar-refractivity contribution < 1.29 is 0 Å². The minimum Gasteiger partial charge on any atom is -0.311 e. The molecule has 94 valence electrons. The van der Waals surface area contributed by atoms with Crippen molar-refractivity contribution in [2.75, 3.05) is 6.54 Å². The van der Waals surface area contributed by atoms with Crippen molar-refractivity contribution in [3.05, 3.63) is 40.8 Å². The van der Waals surface area contributed by atoms with Gasteiger partial charge in [0.15, 0.2) is 5.82 Å². The van der Waals surface area contributed by atoms with Crippen LogP contribution in [0, 0.1) is 6.92 Å². The number of hydrogen-bond donors (Lipinski definition) is 1. The van der Waals surface area contributed by atoms with Gasteiger partial charge in [-0.2, -0.15) is 0 Å². The molecule has 0 amide bonds. The maximum absolute atomic E-state index is 6.10. The lowest BCUT2D eigenvalue weighted by atomic mass is 10.2. The van der Waals surface area contributed by atoms with E-state index in [-0.39, 0.29) is 0 Å². The maximum Gasteiger partial charge on any atom is 0.179 e. The standard InChI is InChI=1S/C13H15ClN4/c1-3-15-8-11-9(2)7-17-13(18-11)12-10(14)5-4-6-16-12/h4-7,15H,3,8H2,1-2H3. The van der Waals surface area contributed by atoms with Crippen LogP contribution in [0.4, 0.5) is 0 Å². The topological polar surface area (TPSA) is 50.7 Å². The van der Waals surface area contributed by atoms with E-state index in [4.69, 9.17) is 11.6 Å². The van der Waals surface area contributed by atoms with Gasteiger partial charge < -0.3 is 5.32 Å². The maximum atomic E-state index is 6.10. The summed E-state index contributed by atoms with van der Waals surface area (Å²) in [5.74, 6) is 0.569. The van der Waals surface area contributed by atoms with Crippen LogP contribution < -0.4 is 5.32 Å². The van der Waals surface area contributed by atoms with E-state index in [0.717, 1.165) is 24.3 Å². The third-order valence-corrected chi connectivity index (χ3v) is 2.89. The van der Waals surface area contributed by atoms with Gasteiger partial charge in [-0.05, 0) is 31.2 Å². The first-order chi connectivity index (χ1) is 8.72. The molecule has 2 rings (SSSR count). The molecule has 0 atom stereocenters. The van der Waals surface area contributed by atoms with Crippen molar-refractivity contribution in [2.24, 2.45) is 0 Å². The van der Waals surface area contributed by atoms with Gasteiger partial charge in [-0.15, -0.1) is 0 Å². The molecule has 2 aromatic heterocycles. The van der Waals surface area contributed by atoms with Gasteiger partial charge in [-0.1, -0.05) is 18.5 Å². The number of pyridine rings is 1. The number of hydrogen-bond acceptors (Lipinski definition) is 4. The Balaban J connectivity index is 2.38. The van der Waals surface area contributed by atoms with Crippen LogP contribution in [0.25, 0.3) is 11.5 Å². The molecule has 0 bridgehead atoms. The van der Waals surface area contributed by atoms with Crippen molar-refractivity contribution in [1.82, 2.24) is 20.3 Å². The third kappa shape index (κ3) is 2.83. The average Bonchev–Trinajstić information content (AvgIpc) is 2.39. The zero-order chi connectivity index (χ0) is 13.0. The SMILES string of the molecule is CCNCc1nc(-c2ncccc2Cl)ncc1C. The lowest BCUT2D eigenvalue weighted by Gasteiger charge is -2.08. The van der Waals surface area contributed by atoms with E-state index < -0.39 is 0 Å². The fraction of sp³-hybridized carbons (Fsp3) is 0.308. The first-order valence-corrected chi connectivity index (χ1v) is 6.24. The molecular formula is C13H15ClN4. The summed E-state index contributed by atoms with van der Waals surface area (Å²) < 4.78 is 0. The fourth-order valence-corrected chi connectivity index (χ4v) is 1.77. The molecule has 2 heterocycles. The van der Waals surface area contributed by atoms with E-state index in [0.29, 0.717) is 16.5 Å². The minimum absolute atomic E-state index is 0.566. The predicted molar refractivity (Wildman–Crippen MR) is 72.4 cm³/mol. The molecular weight excluding hydrogens is 248 g/mol. The first-order valence-electron chi connectivity index (χ1n) is 5.86. The third-order valence-electron chi connectivity index (χ3n) is 2.59. The summed E-state index contributed by atoms with van der Waals surface area (Å²) in [6.07, 6.45) is 3.49. The smallest absolute Gasteiger partial charge is 0.179 e. The Kier molecular flexibility index (Phi) is 4.23. The van der Waals surface area contributed by atoms with Gasteiger partial charge in [0.1, 0.15) is 5.69 Å². The summed E-state index contributed by atoms with van der Waals surface area (Å²) in [6.45, 7) is 5.69. The Bertz CT molecular complexity index is 542. The molecule has 0 unspecified atom stereocenters. The van der Waals surface area contributed by atoms with Gasteiger partial charge in [0, 0.05) is 18.9 Å². The van der Waals surface area contributed by atoms with Crippen LogP contribution in [0.15, 0.2) is 24.5 Å². The van der Waals surface area contributed by atoms with Crippen molar-refractivity contribution in [1.29, 1.82) is 0 Å². The molecule has 5 heteroatoms. The highest BCUT2D eigenvalue weighted by Crippen LogP contribution is 2.22. The number of aromatic nitrogens is 3. The molecule has 0 spiro atoms. The van der Waals surface area contributed by atoms with Crippen LogP contribution in [0.1, 0.15) is 18.2 Å². The summed E-state index contributed by atoms with van der Waals surface area (Å²) in [4.78, 5) is 13.0. The minimum atomic E-state index is 0.566. The number of halogens is 1. The second-order valence-electron chi connectivity index (χ2n) is 3.94. The zero-order valence-electron chi connectivity index (χ0n) is 10.4.